The number of hydrogen-bond acceptors (Lipinski definition) is 4. The quantitative estimate of drug-likeness (QED) is 0.718. The lowest BCUT2D eigenvalue weighted by molar-refractivity contribution is 0.214. The van der Waals surface area contributed by atoms with Gasteiger partial charge in [-0.3, -0.25) is 0 Å². The Morgan fingerprint density at radius 3 is 2.59 bits per heavy atom. The summed E-state index contributed by atoms with van der Waals surface area (Å²) in [7, 11) is -3.60. The third-order valence-electron chi connectivity index (χ3n) is 2.52. The van der Waals surface area contributed by atoms with E-state index in [1.807, 2.05) is 20.8 Å². The predicted octanol–water partition coefficient (Wildman–Crippen LogP) is 0.485. The summed E-state index contributed by atoms with van der Waals surface area (Å²) in [5.41, 5.74) is -0.268. The van der Waals surface area contributed by atoms with Crippen LogP contribution >= 0.6 is 0 Å². The first-order valence-electron chi connectivity index (χ1n) is 5.39. The van der Waals surface area contributed by atoms with Gasteiger partial charge in [-0.15, -0.1) is 0 Å². The molecule has 1 unspecified atom stereocenters. The minimum absolute atomic E-state index is 0.0321. The Hall–Kier alpha value is -0.920. The van der Waals surface area contributed by atoms with Crippen LogP contribution < -0.4 is 4.72 Å². The second kappa shape index (κ2) is 5.16. The van der Waals surface area contributed by atoms with Crippen LogP contribution in [-0.2, 0) is 10.0 Å². The molecule has 1 rings (SSSR count). The van der Waals surface area contributed by atoms with Gasteiger partial charge >= 0.3 is 0 Å². The summed E-state index contributed by atoms with van der Waals surface area (Å²) in [5.74, 6) is 0. The molecular weight excluding hydrogens is 242 g/mol. The first-order valence-corrected chi connectivity index (χ1v) is 6.87. The van der Waals surface area contributed by atoms with Gasteiger partial charge in [-0.25, -0.2) is 18.1 Å². The number of hydrogen-bond donors (Lipinski definition) is 3. The summed E-state index contributed by atoms with van der Waals surface area (Å²) < 4.78 is 26.5. The van der Waals surface area contributed by atoms with Crippen molar-refractivity contribution in [3.05, 3.63) is 12.5 Å². The second-order valence-corrected chi connectivity index (χ2v) is 6.65. The summed E-state index contributed by atoms with van der Waals surface area (Å²) in [6.45, 7) is 5.70. The number of nitrogens with one attached hydrogen (secondary N) is 2. The Balaban J connectivity index is 2.88. The number of aromatic amines is 1. The van der Waals surface area contributed by atoms with Crippen molar-refractivity contribution in [2.75, 3.05) is 6.61 Å². The first-order chi connectivity index (χ1) is 7.77. The van der Waals surface area contributed by atoms with Crippen LogP contribution in [0.4, 0.5) is 0 Å². The molecule has 1 heterocycles. The topological polar surface area (TPSA) is 95.1 Å². The molecule has 0 aliphatic carbocycles. The molecule has 1 aromatic heterocycles. The van der Waals surface area contributed by atoms with Crippen LogP contribution in [0, 0.1) is 5.41 Å². The zero-order valence-corrected chi connectivity index (χ0v) is 11.1. The van der Waals surface area contributed by atoms with E-state index in [1.54, 1.807) is 0 Å². The third-order valence-corrected chi connectivity index (χ3v) is 3.92. The van der Waals surface area contributed by atoms with Gasteiger partial charge in [-0.05, 0) is 11.8 Å². The lowest BCUT2D eigenvalue weighted by Gasteiger charge is -2.30. The van der Waals surface area contributed by atoms with Gasteiger partial charge < -0.3 is 10.1 Å². The van der Waals surface area contributed by atoms with Crippen molar-refractivity contribution in [2.24, 2.45) is 5.41 Å². The Morgan fingerprint density at radius 2 is 2.18 bits per heavy atom. The highest BCUT2D eigenvalue weighted by atomic mass is 32.2. The third kappa shape index (κ3) is 3.79. The number of rotatable bonds is 5. The van der Waals surface area contributed by atoms with Crippen molar-refractivity contribution in [3.8, 4) is 0 Å². The van der Waals surface area contributed by atoms with E-state index in [9.17, 15) is 8.42 Å². The predicted molar refractivity (Wildman–Crippen MR) is 63.9 cm³/mol. The van der Waals surface area contributed by atoms with Crippen molar-refractivity contribution >= 4 is 10.0 Å². The van der Waals surface area contributed by atoms with Gasteiger partial charge in [0.15, 0.2) is 5.03 Å². The number of aliphatic hydroxyl groups excluding tert-OH is 1. The fraction of sp³-hybridized carbons (Fsp3) is 0.700. The molecule has 17 heavy (non-hydrogen) atoms. The highest BCUT2D eigenvalue weighted by Crippen LogP contribution is 2.23. The molecule has 7 heteroatoms. The van der Waals surface area contributed by atoms with E-state index in [4.69, 9.17) is 5.11 Å². The summed E-state index contributed by atoms with van der Waals surface area (Å²) >= 11 is 0. The zero-order valence-electron chi connectivity index (χ0n) is 10.3. The Morgan fingerprint density at radius 1 is 1.53 bits per heavy atom. The van der Waals surface area contributed by atoms with Gasteiger partial charge in [0.2, 0.25) is 0 Å². The van der Waals surface area contributed by atoms with Crippen LogP contribution in [0.3, 0.4) is 0 Å². The smallest absolute Gasteiger partial charge is 0.257 e. The molecule has 0 radical (unpaired) electrons. The van der Waals surface area contributed by atoms with Crippen LogP contribution in [0.1, 0.15) is 27.2 Å². The Bertz CT molecular complexity index is 434. The SMILES string of the molecule is CC(C)(C)C(CCO)NS(=O)(=O)c1cnc[nH]1. The summed E-state index contributed by atoms with van der Waals surface area (Å²) in [6, 6.07) is -0.333. The van der Waals surface area contributed by atoms with E-state index in [2.05, 4.69) is 14.7 Å². The van der Waals surface area contributed by atoms with E-state index in [0.29, 0.717) is 6.42 Å². The van der Waals surface area contributed by atoms with Crippen molar-refractivity contribution < 1.29 is 13.5 Å². The van der Waals surface area contributed by atoms with Crippen LogP contribution in [0.25, 0.3) is 0 Å². The Kier molecular flexibility index (Phi) is 4.29. The fourth-order valence-electron chi connectivity index (χ4n) is 1.44. The van der Waals surface area contributed by atoms with Gasteiger partial charge in [0, 0.05) is 12.6 Å². The number of H-pyrrole nitrogens is 1. The number of aromatic nitrogens is 2. The normalized spacial score (nSPS) is 14.8. The molecule has 0 aliphatic heterocycles. The molecule has 0 aromatic carbocycles. The van der Waals surface area contributed by atoms with Crippen molar-refractivity contribution in [1.29, 1.82) is 0 Å². The molecule has 0 fully saturated rings. The van der Waals surface area contributed by atoms with E-state index in [1.165, 1.54) is 12.5 Å². The highest BCUT2D eigenvalue weighted by Gasteiger charge is 2.29. The molecule has 0 aliphatic rings. The van der Waals surface area contributed by atoms with E-state index in [-0.39, 0.29) is 23.1 Å². The van der Waals surface area contributed by atoms with Gasteiger partial charge in [0.1, 0.15) is 0 Å². The zero-order chi connectivity index (χ0) is 13.1. The summed E-state index contributed by atoms with van der Waals surface area (Å²) in [4.78, 5) is 6.23. The maximum atomic E-state index is 12.0. The maximum absolute atomic E-state index is 12.0. The number of aliphatic hydroxyl groups is 1. The highest BCUT2D eigenvalue weighted by molar-refractivity contribution is 7.89. The average Bonchev–Trinajstić information content (AvgIpc) is 2.68. The van der Waals surface area contributed by atoms with Crippen molar-refractivity contribution in [1.82, 2.24) is 14.7 Å². The van der Waals surface area contributed by atoms with Crippen LogP contribution in [0.5, 0.6) is 0 Å². The van der Waals surface area contributed by atoms with Crippen molar-refractivity contribution in [3.63, 3.8) is 0 Å². The molecule has 1 aromatic rings. The number of nitrogens with zero attached hydrogens (tertiary/aromatic N) is 1. The number of sulfonamides is 1. The van der Waals surface area contributed by atoms with Crippen LogP contribution in [0.15, 0.2) is 17.6 Å². The summed E-state index contributed by atoms with van der Waals surface area (Å²) in [5, 5.41) is 9.00. The van der Waals surface area contributed by atoms with Gasteiger partial charge in [0.25, 0.3) is 10.0 Å². The lowest BCUT2D eigenvalue weighted by atomic mass is 9.86. The maximum Gasteiger partial charge on any atom is 0.257 e. The number of imidazole rings is 1. The Labute approximate surface area is 102 Å². The molecule has 0 spiro atoms. The fourth-order valence-corrected chi connectivity index (χ4v) is 2.82. The van der Waals surface area contributed by atoms with E-state index < -0.39 is 10.0 Å². The average molecular weight is 261 g/mol. The van der Waals surface area contributed by atoms with Gasteiger partial charge in [-0.2, -0.15) is 0 Å². The molecule has 0 saturated heterocycles. The molecule has 6 nitrogen and oxygen atoms in total. The molecule has 3 N–H and O–H groups in total. The largest absolute Gasteiger partial charge is 0.396 e. The molecule has 0 saturated carbocycles. The monoisotopic (exact) mass is 261 g/mol. The van der Waals surface area contributed by atoms with E-state index in [0.717, 1.165) is 0 Å². The van der Waals surface area contributed by atoms with Crippen molar-refractivity contribution in [2.45, 2.75) is 38.3 Å². The molecule has 0 bridgehead atoms. The van der Waals surface area contributed by atoms with Crippen LogP contribution in [-0.4, -0.2) is 36.1 Å². The first kappa shape index (κ1) is 14.1. The molecular formula is C10H19N3O3S. The molecule has 1 atom stereocenters. The summed E-state index contributed by atoms with van der Waals surface area (Å²) in [6.07, 6.45) is 2.94. The van der Waals surface area contributed by atoms with Gasteiger partial charge in [-0.1, -0.05) is 20.8 Å². The molecule has 0 amide bonds. The standard InChI is InChI=1S/C10H19N3O3S/c1-10(2,3)8(4-5-14)13-17(15,16)9-6-11-7-12-9/h6-8,13-14H,4-5H2,1-3H3,(H,11,12). The minimum Gasteiger partial charge on any atom is -0.396 e. The lowest BCUT2D eigenvalue weighted by Crippen LogP contribution is -2.44. The minimum atomic E-state index is -3.60. The van der Waals surface area contributed by atoms with E-state index >= 15 is 0 Å². The molecule has 98 valence electrons. The second-order valence-electron chi connectivity index (χ2n) is 4.97. The van der Waals surface area contributed by atoms with Gasteiger partial charge in [0.05, 0.1) is 12.5 Å². The van der Waals surface area contributed by atoms with Crippen LogP contribution in [0.2, 0.25) is 0 Å².